The summed E-state index contributed by atoms with van der Waals surface area (Å²) < 4.78 is 5.21. The molecule has 2 nitrogen and oxygen atoms in total. The van der Waals surface area contributed by atoms with Gasteiger partial charge in [-0.2, -0.15) is 0 Å². The Morgan fingerprint density at radius 1 is 1.47 bits per heavy atom. The number of hydrogen-bond donors (Lipinski definition) is 0. The van der Waals surface area contributed by atoms with Gasteiger partial charge in [-0.1, -0.05) is 11.6 Å². The number of rotatable bonds is 5. The molecule has 0 aromatic heterocycles. The Morgan fingerprint density at radius 3 is 2.80 bits per heavy atom. The fraction of sp³-hybridized carbons (Fsp3) is 0.417. The Kier molecular flexibility index (Phi) is 4.63. The molecule has 0 aliphatic carbocycles. The second kappa shape index (κ2) is 5.76. The van der Waals surface area contributed by atoms with E-state index >= 15 is 0 Å². The third kappa shape index (κ3) is 3.92. The smallest absolute Gasteiger partial charge is 0.129 e. The van der Waals surface area contributed by atoms with Crippen molar-refractivity contribution in [2.75, 3.05) is 7.11 Å². The number of ketones is 1. The summed E-state index contributed by atoms with van der Waals surface area (Å²) in [4.78, 5) is 10.8. The first-order valence-electron chi connectivity index (χ1n) is 4.95. The van der Waals surface area contributed by atoms with Crippen LogP contribution in [0.5, 0.6) is 5.75 Å². The standard InChI is InChI=1S/C12H15ClO2/c1-9(14)4-3-5-10-8-11(13)6-7-12(10)15-2/h6-8H,3-5H2,1-2H3. The van der Waals surface area contributed by atoms with E-state index in [1.165, 1.54) is 0 Å². The van der Waals surface area contributed by atoms with Crippen molar-refractivity contribution < 1.29 is 9.53 Å². The monoisotopic (exact) mass is 226 g/mol. The predicted molar refractivity (Wildman–Crippen MR) is 61.6 cm³/mol. The summed E-state index contributed by atoms with van der Waals surface area (Å²) in [6.07, 6.45) is 2.27. The zero-order valence-electron chi connectivity index (χ0n) is 9.05. The minimum atomic E-state index is 0.219. The normalized spacial score (nSPS) is 10.1. The van der Waals surface area contributed by atoms with E-state index in [0.717, 1.165) is 24.2 Å². The number of aryl methyl sites for hydroxylation is 1. The number of benzene rings is 1. The van der Waals surface area contributed by atoms with Gasteiger partial charge in [-0.3, -0.25) is 0 Å². The van der Waals surface area contributed by atoms with E-state index in [2.05, 4.69) is 0 Å². The Labute approximate surface area is 95.2 Å². The van der Waals surface area contributed by atoms with Crippen molar-refractivity contribution in [3.8, 4) is 5.75 Å². The topological polar surface area (TPSA) is 26.3 Å². The van der Waals surface area contributed by atoms with E-state index in [4.69, 9.17) is 16.3 Å². The van der Waals surface area contributed by atoms with Gasteiger partial charge in [-0.15, -0.1) is 0 Å². The summed E-state index contributed by atoms with van der Waals surface area (Å²) >= 11 is 5.89. The third-order valence-corrected chi connectivity index (χ3v) is 2.45. The summed E-state index contributed by atoms with van der Waals surface area (Å²) in [7, 11) is 1.64. The number of halogens is 1. The molecule has 1 aromatic rings. The number of carbonyl (C=O) groups is 1. The first-order chi connectivity index (χ1) is 7.13. The van der Waals surface area contributed by atoms with Crippen LogP contribution in [-0.2, 0) is 11.2 Å². The van der Waals surface area contributed by atoms with Crippen molar-refractivity contribution in [3.63, 3.8) is 0 Å². The van der Waals surface area contributed by atoms with E-state index in [-0.39, 0.29) is 5.78 Å². The summed E-state index contributed by atoms with van der Waals surface area (Å²) in [6, 6.07) is 5.54. The lowest BCUT2D eigenvalue weighted by Crippen LogP contribution is -1.95. The number of carbonyl (C=O) groups excluding carboxylic acids is 1. The molecule has 0 saturated carbocycles. The van der Waals surface area contributed by atoms with Crippen LogP contribution in [0.25, 0.3) is 0 Å². The van der Waals surface area contributed by atoms with Gasteiger partial charge in [-0.25, -0.2) is 0 Å². The molecule has 0 saturated heterocycles. The van der Waals surface area contributed by atoms with Gasteiger partial charge >= 0.3 is 0 Å². The van der Waals surface area contributed by atoms with Gasteiger partial charge in [0.1, 0.15) is 11.5 Å². The van der Waals surface area contributed by atoms with Crippen LogP contribution in [0.15, 0.2) is 18.2 Å². The summed E-state index contributed by atoms with van der Waals surface area (Å²) in [5.74, 6) is 1.05. The van der Waals surface area contributed by atoms with E-state index in [0.29, 0.717) is 11.4 Å². The van der Waals surface area contributed by atoms with Gasteiger partial charge in [0.15, 0.2) is 0 Å². The first-order valence-corrected chi connectivity index (χ1v) is 5.33. The summed E-state index contributed by atoms with van der Waals surface area (Å²) in [5, 5.41) is 0.702. The highest BCUT2D eigenvalue weighted by Crippen LogP contribution is 2.24. The zero-order valence-corrected chi connectivity index (χ0v) is 9.80. The molecule has 0 amide bonds. The molecule has 15 heavy (non-hydrogen) atoms. The molecule has 1 aromatic carbocycles. The molecule has 0 bridgehead atoms. The SMILES string of the molecule is COc1ccc(Cl)cc1CCCC(C)=O. The van der Waals surface area contributed by atoms with Crippen molar-refractivity contribution in [1.29, 1.82) is 0 Å². The molecule has 0 fully saturated rings. The van der Waals surface area contributed by atoms with Gasteiger partial charge in [0.05, 0.1) is 7.11 Å². The lowest BCUT2D eigenvalue weighted by Gasteiger charge is -2.08. The molecule has 0 radical (unpaired) electrons. The highest BCUT2D eigenvalue weighted by molar-refractivity contribution is 6.30. The van der Waals surface area contributed by atoms with E-state index in [1.54, 1.807) is 20.1 Å². The highest BCUT2D eigenvalue weighted by Gasteiger charge is 2.04. The highest BCUT2D eigenvalue weighted by atomic mass is 35.5. The van der Waals surface area contributed by atoms with Crippen LogP contribution < -0.4 is 4.74 Å². The van der Waals surface area contributed by atoms with Crippen molar-refractivity contribution >= 4 is 17.4 Å². The molecule has 0 atom stereocenters. The quantitative estimate of drug-likeness (QED) is 0.771. The summed E-state index contributed by atoms with van der Waals surface area (Å²) in [6.45, 7) is 1.61. The Hall–Kier alpha value is -1.02. The fourth-order valence-electron chi connectivity index (χ4n) is 1.47. The maximum absolute atomic E-state index is 10.8. The Balaban J connectivity index is 2.65. The Bertz CT molecular complexity index is 347. The molecule has 0 heterocycles. The number of hydrogen-bond acceptors (Lipinski definition) is 2. The second-order valence-electron chi connectivity index (χ2n) is 3.51. The number of ether oxygens (including phenoxy) is 1. The van der Waals surface area contributed by atoms with E-state index in [9.17, 15) is 4.79 Å². The third-order valence-electron chi connectivity index (χ3n) is 2.22. The molecular weight excluding hydrogens is 212 g/mol. The zero-order chi connectivity index (χ0) is 11.3. The average Bonchev–Trinajstić information content (AvgIpc) is 2.17. The number of methoxy groups -OCH3 is 1. The van der Waals surface area contributed by atoms with Crippen molar-refractivity contribution in [1.82, 2.24) is 0 Å². The van der Waals surface area contributed by atoms with Crippen LogP contribution in [0.3, 0.4) is 0 Å². The van der Waals surface area contributed by atoms with Crippen LogP contribution in [0.4, 0.5) is 0 Å². The predicted octanol–water partition coefficient (Wildman–Crippen LogP) is 3.26. The van der Waals surface area contributed by atoms with Crippen molar-refractivity contribution in [2.24, 2.45) is 0 Å². The van der Waals surface area contributed by atoms with Crippen LogP contribution >= 0.6 is 11.6 Å². The molecular formula is C12H15ClO2. The van der Waals surface area contributed by atoms with Gasteiger partial charge < -0.3 is 9.53 Å². The fourth-order valence-corrected chi connectivity index (χ4v) is 1.67. The Morgan fingerprint density at radius 2 is 2.20 bits per heavy atom. The van der Waals surface area contributed by atoms with Gasteiger partial charge in [0, 0.05) is 11.4 Å². The van der Waals surface area contributed by atoms with Gasteiger partial charge in [-0.05, 0) is 43.5 Å². The molecule has 0 unspecified atom stereocenters. The molecule has 0 aliphatic rings. The van der Waals surface area contributed by atoms with E-state index < -0.39 is 0 Å². The van der Waals surface area contributed by atoms with Gasteiger partial charge in [0.25, 0.3) is 0 Å². The molecule has 0 spiro atoms. The largest absolute Gasteiger partial charge is 0.496 e. The molecule has 82 valence electrons. The molecule has 3 heteroatoms. The number of Topliss-reactive ketones (excluding diaryl/α,β-unsaturated/α-hetero) is 1. The maximum atomic E-state index is 10.8. The van der Waals surface area contributed by atoms with Crippen LogP contribution in [0, 0.1) is 0 Å². The lowest BCUT2D eigenvalue weighted by atomic mass is 10.1. The maximum Gasteiger partial charge on any atom is 0.129 e. The van der Waals surface area contributed by atoms with Crippen LogP contribution in [0.1, 0.15) is 25.3 Å². The van der Waals surface area contributed by atoms with Crippen molar-refractivity contribution in [3.05, 3.63) is 28.8 Å². The minimum absolute atomic E-state index is 0.219. The van der Waals surface area contributed by atoms with E-state index in [1.807, 2.05) is 12.1 Å². The van der Waals surface area contributed by atoms with Crippen LogP contribution in [-0.4, -0.2) is 12.9 Å². The molecule has 0 aliphatic heterocycles. The minimum Gasteiger partial charge on any atom is -0.496 e. The summed E-state index contributed by atoms with van der Waals surface area (Å²) in [5.41, 5.74) is 1.06. The lowest BCUT2D eigenvalue weighted by molar-refractivity contribution is -0.117. The van der Waals surface area contributed by atoms with Gasteiger partial charge in [0.2, 0.25) is 0 Å². The van der Waals surface area contributed by atoms with Crippen LogP contribution in [0.2, 0.25) is 5.02 Å². The second-order valence-corrected chi connectivity index (χ2v) is 3.95. The van der Waals surface area contributed by atoms with Crippen molar-refractivity contribution in [2.45, 2.75) is 26.2 Å². The first kappa shape index (κ1) is 12.1. The molecule has 0 N–H and O–H groups in total. The average molecular weight is 227 g/mol. The molecule has 1 rings (SSSR count).